The Bertz CT molecular complexity index is 900. The highest BCUT2D eigenvalue weighted by Gasteiger charge is 2.33. The van der Waals surface area contributed by atoms with Gasteiger partial charge in [0.2, 0.25) is 0 Å². The van der Waals surface area contributed by atoms with E-state index in [0.717, 1.165) is 25.3 Å². The van der Waals surface area contributed by atoms with Gasteiger partial charge in [-0.3, -0.25) is 9.69 Å². The number of nitrogens with zero attached hydrogens (tertiary/aromatic N) is 1. The predicted octanol–water partition coefficient (Wildman–Crippen LogP) is 4.14. The van der Waals surface area contributed by atoms with Gasteiger partial charge in [0.15, 0.2) is 0 Å². The molecule has 0 aromatic heterocycles. The number of benzene rings is 2. The standard InChI is InChI=1S/C25H34N2O4/c1-7-23(22-8-9-24(31-6)17(3)16(22)2)27-14-18(15-27)13-26-25(28)19-10-20(29-4)12-21(11-19)30-5/h8-12,18,23H,7,13-15H2,1-6H3,(H,26,28). The largest absolute Gasteiger partial charge is 0.497 e. The van der Waals surface area contributed by atoms with Crippen LogP contribution in [0.4, 0.5) is 0 Å². The number of amides is 1. The van der Waals surface area contributed by atoms with Crippen LogP contribution < -0.4 is 19.5 Å². The highest BCUT2D eigenvalue weighted by atomic mass is 16.5. The van der Waals surface area contributed by atoms with Gasteiger partial charge in [0.25, 0.3) is 5.91 Å². The molecule has 1 N–H and O–H groups in total. The molecule has 1 aliphatic rings. The molecule has 2 aromatic rings. The number of likely N-dealkylation sites (tertiary alicyclic amines) is 1. The maximum absolute atomic E-state index is 12.6. The van der Waals surface area contributed by atoms with Gasteiger partial charge < -0.3 is 19.5 Å². The molecule has 1 fully saturated rings. The first kappa shape index (κ1) is 22.9. The van der Waals surface area contributed by atoms with Crippen molar-refractivity contribution in [1.82, 2.24) is 10.2 Å². The van der Waals surface area contributed by atoms with Crippen LogP contribution in [0.1, 0.15) is 46.4 Å². The van der Waals surface area contributed by atoms with Crippen molar-refractivity contribution in [1.29, 1.82) is 0 Å². The molecule has 0 radical (unpaired) electrons. The van der Waals surface area contributed by atoms with E-state index in [4.69, 9.17) is 14.2 Å². The van der Waals surface area contributed by atoms with Crippen molar-refractivity contribution in [3.8, 4) is 17.2 Å². The zero-order chi connectivity index (χ0) is 22.5. The zero-order valence-electron chi connectivity index (χ0n) is 19.5. The fourth-order valence-electron chi connectivity index (χ4n) is 4.34. The fraction of sp³-hybridized carbons (Fsp3) is 0.480. The van der Waals surface area contributed by atoms with E-state index in [1.807, 2.05) is 0 Å². The molecule has 6 heteroatoms. The Kier molecular flexibility index (Phi) is 7.44. The Balaban J connectivity index is 1.58. The van der Waals surface area contributed by atoms with Gasteiger partial charge in [-0.25, -0.2) is 0 Å². The molecule has 6 nitrogen and oxygen atoms in total. The summed E-state index contributed by atoms with van der Waals surface area (Å²) in [5.41, 5.74) is 4.42. The lowest BCUT2D eigenvalue weighted by molar-refractivity contribution is 0.0481. The first-order chi connectivity index (χ1) is 14.9. The highest BCUT2D eigenvalue weighted by molar-refractivity contribution is 5.95. The molecule has 0 spiro atoms. The average Bonchev–Trinajstić information content (AvgIpc) is 2.76. The van der Waals surface area contributed by atoms with Crippen molar-refractivity contribution in [3.05, 3.63) is 52.6 Å². The quantitative estimate of drug-likeness (QED) is 0.653. The molecular weight excluding hydrogens is 392 g/mol. The van der Waals surface area contributed by atoms with Gasteiger partial charge in [-0.1, -0.05) is 13.0 Å². The lowest BCUT2D eigenvalue weighted by Crippen LogP contribution is -2.52. The summed E-state index contributed by atoms with van der Waals surface area (Å²) in [5.74, 6) is 2.49. The summed E-state index contributed by atoms with van der Waals surface area (Å²) >= 11 is 0. The van der Waals surface area contributed by atoms with Crippen molar-refractivity contribution in [2.24, 2.45) is 5.92 Å². The molecule has 2 aromatic carbocycles. The third-order valence-electron chi connectivity index (χ3n) is 6.34. The topological polar surface area (TPSA) is 60.0 Å². The molecule has 1 amide bonds. The van der Waals surface area contributed by atoms with Crippen LogP contribution in [0.25, 0.3) is 0 Å². The van der Waals surface area contributed by atoms with Crippen LogP contribution in [0.15, 0.2) is 30.3 Å². The molecule has 31 heavy (non-hydrogen) atoms. The average molecular weight is 427 g/mol. The maximum Gasteiger partial charge on any atom is 0.251 e. The van der Waals surface area contributed by atoms with Crippen molar-refractivity contribution in [2.45, 2.75) is 33.2 Å². The van der Waals surface area contributed by atoms with E-state index < -0.39 is 0 Å². The molecule has 0 bridgehead atoms. The summed E-state index contributed by atoms with van der Waals surface area (Å²) < 4.78 is 16.0. The number of carbonyl (C=O) groups is 1. The molecule has 168 valence electrons. The van der Waals surface area contributed by atoms with Crippen LogP contribution in [0.5, 0.6) is 17.2 Å². The second kappa shape index (κ2) is 10.1. The SMILES string of the molecule is CCC(c1ccc(OC)c(C)c1C)N1CC(CNC(=O)c2cc(OC)cc(OC)c2)C1. The second-order valence-electron chi connectivity index (χ2n) is 8.16. The number of carbonyl (C=O) groups excluding carboxylic acids is 1. The van der Waals surface area contributed by atoms with Gasteiger partial charge in [0.05, 0.1) is 21.3 Å². The summed E-state index contributed by atoms with van der Waals surface area (Å²) in [7, 11) is 4.87. The number of hydrogen-bond acceptors (Lipinski definition) is 5. The van der Waals surface area contributed by atoms with Gasteiger partial charge in [-0.05, 0) is 55.2 Å². The van der Waals surface area contributed by atoms with E-state index in [9.17, 15) is 4.79 Å². The third kappa shape index (κ3) is 4.96. The molecule has 1 aliphatic heterocycles. The molecule has 1 heterocycles. The van der Waals surface area contributed by atoms with E-state index in [-0.39, 0.29) is 5.91 Å². The van der Waals surface area contributed by atoms with Crippen LogP contribution in [0.2, 0.25) is 0 Å². The van der Waals surface area contributed by atoms with Gasteiger partial charge >= 0.3 is 0 Å². The first-order valence-electron chi connectivity index (χ1n) is 10.8. The first-order valence-corrected chi connectivity index (χ1v) is 10.8. The molecule has 3 rings (SSSR count). The summed E-state index contributed by atoms with van der Waals surface area (Å²) in [6.07, 6.45) is 1.05. The van der Waals surface area contributed by atoms with E-state index in [0.29, 0.717) is 35.6 Å². The minimum absolute atomic E-state index is 0.107. The number of methoxy groups -OCH3 is 3. The monoisotopic (exact) mass is 426 g/mol. The Morgan fingerprint density at radius 3 is 2.23 bits per heavy atom. The van der Waals surface area contributed by atoms with E-state index in [1.165, 1.54) is 16.7 Å². The summed E-state index contributed by atoms with van der Waals surface area (Å²) in [5, 5.41) is 3.06. The summed E-state index contributed by atoms with van der Waals surface area (Å²) in [6, 6.07) is 9.87. The third-order valence-corrected chi connectivity index (χ3v) is 6.34. The Morgan fingerprint density at radius 2 is 1.68 bits per heavy atom. The van der Waals surface area contributed by atoms with Crippen molar-refractivity contribution >= 4 is 5.91 Å². The zero-order valence-corrected chi connectivity index (χ0v) is 19.5. The predicted molar refractivity (Wildman–Crippen MR) is 122 cm³/mol. The minimum atomic E-state index is -0.107. The van der Waals surface area contributed by atoms with E-state index in [1.54, 1.807) is 39.5 Å². The molecule has 1 unspecified atom stereocenters. The van der Waals surface area contributed by atoms with Crippen molar-refractivity contribution in [3.63, 3.8) is 0 Å². The van der Waals surface area contributed by atoms with Crippen LogP contribution >= 0.6 is 0 Å². The number of nitrogens with one attached hydrogen (secondary N) is 1. The molecule has 1 saturated heterocycles. The lowest BCUT2D eigenvalue weighted by atomic mass is 9.89. The number of hydrogen-bond donors (Lipinski definition) is 1. The van der Waals surface area contributed by atoms with Gasteiger partial charge in [-0.15, -0.1) is 0 Å². The van der Waals surface area contributed by atoms with Crippen molar-refractivity contribution in [2.75, 3.05) is 41.0 Å². The molecular formula is C25H34N2O4. The Labute approximate surface area is 185 Å². The Morgan fingerprint density at radius 1 is 1.03 bits per heavy atom. The highest BCUT2D eigenvalue weighted by Crippen LogP contribution is 2.36. The van der Waals surface area contributed by atoms with E-state index >= 15 is 0 Å². The summed E-state index contributed by atoms with van der Waals surface area (Å²) in [6.45, 7) is 9.14. The molecule has 0 saturated carbocycles. The normalized spacial score (nSPS) is 15.2. The van der Waals surface area contributed by atoms with E-state index in [2.05, 4.69) is 43.1 Å². The molecule has 0 aliphatic carbocycles. The maximum atomic E-state index is 12.6. The summed E-state index contributed by atoms with van der Waals surface area (Å²) in [4.78, 5) is 15.1. The van der Waals surface area contributed by atoms with Crippen LogP contribution in [-0.2, 0) is 0 Å². The van der Waals surface area contributed by atoms with Crippen LogP contribution in [-0.4, -0.2) is 51.8 Å². The van der Waals surface area contributed by atoms with Crippen LogP contribution in [0.3, 0.4) is 0 Å². The second-order valence-corrected chi connectivity index (χ2v) is 8.16. The minimum Gasteiger partial charge on any atom is -0.497 e. The van der Waals surface area contributed by atoms with Crippen LogP contribution in [0, 0.1) is 19.8 Å². The van der Waals surface area contributed by atoms with Gasteiger partial charge in [-0.2, -0.15) is 0 Å². The fourth-order valence-corrected chi connectivity index (χ4v) is 4.34. The van der Waals surface area contributed by atoms with Gasteiger partial charge in [0.1, 0.15) is 17.2 Å². The van der Waals surface area contributed by atoms with Crippen molar-refractivity contribution < 1.29 is 19.0 Å². The molecule has 1 atom stereocenters. The Hall–Kier alpha value is -2.73. The van der Waals surface area contributed by atoms with Gasteiger partial charge in [0, 0.05) is 43.2 Å². The number of ether oxygens (including phenoxy) is 3. The lowest BCUT2D eigenvalue weighted by Gasteiger charge is -2.45. The smallest absolute Gasteiger partial charge is 0.251 e. The number of rotatable bonds is 9.